The number of fused-ring (bicyclic) bond motifs is 2. The molecule has 2 aliphatic rings. The van der Waals surface area contributed by atoms with Crippen LogP contribution in [0.5, 0.6) is 0 Å². The van der Waals surface area contributed by atoms with Crippen LogP contribution in [-0.4, -0.2) is 52.3 Å². The van der Waals surface area contributed by atoms with Crippen molar-refractivity contribution in [1.29, 1.82) is 0 Å². The van der Waals surface area contributed by atoms with E-state index in [4.69, 9.17) is 14.2 Å². The van der Waals surface area contributed by atoms with Crippen LogP contribution in [-0.2, 0) is 32.8 Å². The van der Waals surface area contributed by atoms with Crippen molar-refractivity contribution in [3.63, 3.8) is 0 Å². The molecule has 3 heterocycles. The summed E-state index contributed by atoms with van der Waals surface area (Å²) in [6.07, 6.45) is 3.28. The van der Waals surface area contributed by atoms with Gasteiger partial charge in [-0.3, -0.25) is 0 Å². The molecule has 0 spiro atoms. The number of hydrogen-bond donors (Lipinski definition) is 1. The van der Waals surface area contributed by atoms with E-state index in [9.17, 15) is 5.11 Å². The van der Waals surface area contributed by atoms with Crippen LogP contribution >= 0.6 is 0 Å². The second-order valence-corrected chi connectivity index (χ2v) is 6.76. The first kappa shape index (κ1) is 16.7. The SMILES string of the molecule is COC(Cc1ccccc1)Cn1cc(C2(O)CC[C@H]3CO[C@@H]2O3)nn1. The van der Waals surface area contributed by atoms with E-state index in [1.54, 1.807) is 18.0 Å². The zero-order valence-electron chi connectivity index (χ0n) is 14.2. The predicted molar refractivity (Wildman–Crippen MR) is 88.7 cm³/mol. The summed E-state index contributed by atoms with van der Waals surface area (Å²) >= 11 is 0. The summed E-state index contributed by atoms with van der Waals surface area (Å²) in [5.74, 6) is 0. The smallest absolute Gasteiger partial charge is 0.192 e. The van der Waals surface area contributed by atoms with Crippen LogP contribution in [0, 0.1) is 0 Å². The summed E-state index contributed by atoms with van der Waals surface area (Å²) in [5, 5.41) is 19.3. The Kier molecular flexibility index (Phi) is 4.56. The lowest BCUT2D eigenvalue weighted by Crippen LogP contribution is -2.44. The van der Waals surface area contributed by atoms with E-state index in [-0.39, 0.29) is 12.2 Å². The molecule has 0 aliphatic carbocycles. The van der Waals surface area contributed by atoms with Gasteiger partial charge in [0.2, 0.25) is 0 Å². The first-order valence-corrected chi connectivity index (χ1v) is 8.64. The third kappa shape index (κ3) is 3.32. The maximum Gasteiger partial charge on any atom is 0.192 e. The average molecular weight is 345 g/mol. The first-order chi connectivity index (χ1) is 12.2. The van der Waals surface area contributed by atoms with Crippen molar-refractivity contribution in [1.82, 2.24) is 15.0 Å². The average Bonchev–Trinajstić information content (AvgIpc) is 3.27. The Morgan fingerprint density at radius 3 is 3.04 bits per heavy atom. The molecule has 1 aromatic carbocycles. The summed E-state index contributed by atoms with van der Waals surface area (Å²) in [6.45, 7) is 1.09. The highest BCUT2D eigenvalue weighted by Gasteiger charge is 2.51. The van der Waals surface area contributed by atoms with Gasteiger partial charge in [-0.15, -0.1) is 5.10 Å². The van der Waals surface area contributed by atoms with Crippen molar-refractivity contribution in [2.45, 2.75) is 49.9 Å². The Labute approximate surface area is 146 Å². The number of aromatic nitrogens is 3. The van der Waals surface area contributed by atoms with Gasteiger partial charge in [0.25, 0.3) is 0 Å². The van der Waals surface area contributed by atoms with E-state index in [1.807, 2.05) is 18.2 Å². The fourth-order valence-electron chi connectivity index (χ4n) is 3.49. The van der Waals surface area contributed by atoms with E-state index < -0.39 is 11.9 Å². The minimum atomic E-state index is -1.23. The molecule has 7 heteroatoms. The quantitative estimate of drug-likeness (QED) is 0.849. The van der Waals surface area contributed by atoms with Crippen LogP contribution in [0.1, 0.15) is 24.1 Å². The van der Waals surface area contributed by atoms with E-state index in [0.717, 1.165) is 12.8 Å². The zero-order chi connectivity index (χ0) is 17.3. The molecule has 25 heavy (non-hydrogen) atoms. The van der Waals surface area contributed by atoms with Gasteiger partial charge in [0.1, 0.15) is 5.69 Å². The lowest BCUT2D eigenvalue weighted by molar-refractivity contribution is -0.219. The fourth-order valence-corrected chi connectivity index (χ4v) is 3.49. The van der Waals surface area contributed by atoms with Crippen molar-refractivity contribution in [3.8, 4) is 0 Å². The zero-order valence-corrected chi connectivity index (χ0v) is 14.2. The highest BCUT2D eigenvalue weighted by molar-refractivity contribution is 5.16. The van der Waals surface area contributed by atoms with Gasteiger partial charge in [-0.05, 0) is 18.4 Å². The lowest BCUT2D eigenvalue weighted by atomic mass is 9.90. The third-order valence-corrected chi connectivity index (χ3v) is 5.00. The Morgan fingerprint density at radius 1 is 1.40 bits per heavy atom. The maximum atomic E-state index is 11.0. The van der Waals surface area contributed by atoms with Gasteiger partial charge >= 0.3 is 0 Å². The molecule has 7 nitrogen and oxygen atoms in total. The molecular formula is C18H23N3O4. The standard InChI is InChI=1S/C18H23N3O4/c1-23-15(9-13-5-3-2-4-6-13)10-21-11-16(19-20-21)18(22)8-7-14-12-24-17(18)25-14/h2-6,11,14-15,17,22H,7-10,12H2,1H3/t14-,15?,17+,18?/m0/s1. The minimum absolute atomic E-state index is 0.0266. The van der Waals surface area contributed by atoms with E-state index in [0.29, 0.717) is 25.3 Å². The van der Waals surface area contributed by atoms with Crippen molar-refractivity contribution < 1.29 is 19.3 Å². The molecule has 1 N–H and O–H groups in total. The number of benzene rings is 1. The van der Waals surface area contributed by atoms with Gasteiger partial charge in [0, 0.05) is 13.5 Å². The largest absolute Gasteiger partial charge is 0.379 e. The molecule has 2 bridgehead atoms. The molecule has 134 valence electrons. The van der Waals surface area contributed by atoms with Gasteiger partial charge in [0.05, 0.1) is 31.6 Å². The molecule has 2 unspecified atom stereocenters. The molecule has 2 saturated heterocycles. The molecule has 2 fully saturated rings. The van der Waals surface area contributed by atoms with Crippen LogP contribution in [0.2, 0.25) is 0 Å². The molecule has 2 aromatic rings. The molecule has 0 amide bonds. The predicted octanol–water partition coefficient (Wildman–Crippen LogP) is 1.26. The third-order valence-electron chi connectivity index (χ3n) is 5.00. The van der Waals surface area contributed by atoms with Crippen molar-refractivity contribution in [3.05, 3.63) is 47.8 Å². The summed E-state index contributed by atoms with van der Waals surface area (Å²) < 4.78 is 18.5. The van der Waals surface area contributed by atoms with Gasteiger partial charge in [0.15, 0.2) is 11.9 Å². The van der Waals surface area contributed by atoms with Crippen LogP contribution in [0.25, 0.3) is 0 Å². The molecule has 0 saturated carbocycles. The van der Waals surface area contributed by atoms with Crippen molar-refractivity contribution in [2.75, 3.05) is 13.7 Å². The second-order valence-electron chi connectivity index (χ2n) is 6.76. The first-order valence-electron chi connectivity index (χ1n) is 8.64. The topological polar surface area (TPSA) is 78.6 Å². The summed E-state index contributed by atoms with van der Waals surface area (Å²) in [7, 11) is 1.69. The second kappa shape index (κ2) is 6.84. The Morgan fingerprint density at radius 2 is 2.24 bits per heavy atom. The van der Waals surface area contributed by atoms with Crippen molar-refractivity contribution >= 4 is 0 Å². The van der Waals surface area contributed by atoms with Gasteiger partial charge in [-0.25, -0.2) is 4.68 Å². The molecule has 2 aliphatic heterocycles. The Bertz CT molecular complexity index is 707. The molecule has 4 atom stereocenters. The monoisotopic (exact) mass is 345 g/mol. The van der Waals surface area contributed by atoms with E-state index in [1.165, 1.54) is 5.56 Å². The number of methoxy groups -OCH3 is 1. The summed E-state index contributed by atoms with van der Waals surface area (Å²) in [4.78, 5) is 0. The molecule has 0 radical (unpaired) electrons. The van der Waals surface area contributed by atoms with Crippen LogP contribution < -0.4 is 0 Å². The van der Waals surface area contributed by atoms with Crippen LogP contribution in [0.15, 0.2) is 36.5 Å². The number of aliphatic hydroxyl groups is 1. The lowest BCUT2D eigenvalue weighted by Gasteiger charge is -2.34. The highest BCUT2D eigenvalue weighted by Crippen LogP contribution is 2.40. The summed E-state index contributed by atoms with van der Waals surface area (Å²) in [5.41, 5.74) is 0.472. The van der Waals surface area contributed by atoms with Gasteiger partial charge < -0.3 is 19.3 Å². The number of ether oxygens (including phenoxy) is 3. The molecule has 1 aromatic heterocycles. The maximum absolute atomic E-state index is 11.0. The number of nitrogens with zero attached hydrogens (tertiary/aromatic N) is 3. The summed E-state index contributed by atoms with van der Waals surface area (Å²) in [6, 6.07) is 10.2. The Balaban J connectivity index is 1.45. The van der Waals surface area contributed by atoms with Crippen LogP contribution in [0.3, 0.4) is 0 Å². The van der Waals surface area contributed by atoms with Gasteiger partial charge in [-0.1, -0.05) is 35.5 Å². The Hall–Kier alpha value is -1.80. The van der Waals surface area contributed by atoms with E-state index in [2.05, 4.69) is 22.4 Å². The number of rotatable bonds is 6. The van der Waals surface area contributed by atoms with Crippen molar-refractivity contribution in [2.24, 2.45) is 0 Å². The molecule has 4 rings (SSSR count). The molecular weight excluding hydrogens is 322 g/mol. The minimum Gasteiger partial charge on any atom is -0.379 e. The van der Waals surface area contributed by atoms with Gasteiger partial charge in [-0.2, -0.15) is 0 Å². The fraction of sp³-hybridized carbons (Fsp3) is 0.556. The highest BCUT2D eigenvalue weighted by atomic mass is 16.7. The van der Waals surface area contributed by atoms with Crippen LogP contribution in [0.4, 0.5) is 0 Å². The van der Waals surface area contributed by atoms with E-state index >= 15 is 0 Å². The number of hydrogen-bond acceptors (Lipinski definition) is 6. The normalized spacial score (nSPS) is 29.7.